The summed E-state index contributed by atoms with van der Waals surface area (Å²) in [5.74, 6) is 0.476. The molecule has 2 atom stereocenters. The number of hydrogen-bond donors (Lipinski definition) is 2. The Kier molecular flexibility index (Phi) is 5.10. The number of thioether (sulfide) groups is 1. The second-order valence-electron chi connectivity index (χ2n) is 5.23. The van der Waals surface area contributed by atoms with Gasteiger partial charge in [-0.15, -0.1) is 11.8 Å². The minimum Gasteiger partial charge on any atom is -0.489 e. The normalized spacial score (nSPS) is 20.4. The lowest BCUT2D eigenvalue weighted by molar-refractivity contribution is -0.138. The van der Waals surface area contributed by atoms with Crippen LogP contribution in [0.5, 0.6) is 5.75 Å². The summed E-state index contributed by atoms with van der Waals surface area (Å²) >= 11 is 7.56. The van der Waals surface area contributed by atoms with Gasteiger partial charge in [0.2, 0.25) is 0 Å². The van der Waals surface area contributed by atoms with Gasteiger partial charge in [0.15, 0.2) is 0 Å². The first-order valence-electron chi connectivity index (χ1n) is 7.20. The first kappa shape index (κ1) is 16.2. The number of nitrogens with one attached hydrogen (secondary N) is 1. The number of ether oxygens (including phenoxy) is 1. The highest BCUT2D eigenvalue weighted by molar-refractivity contribution is 7.99. The second kappa shape index (κ2) is 7.25. The Morgan fingerprint density at radius 2 is 2.13 bits per heavy atom. The van der Waals surface area contributed by atoms with Gasteiger partial charge in [0.1, 0.15) is 18.4 Å². The third-order valence-electron chi connectivity index (χ3n) is 3.57. The standard InChI is InChI=1S/C17H16ClNO3S/c18-12-5-3-4-11(8-12)9-22-15-7-2-1-6-13(15)16-19-14(10-23-16)17(20)21/h1-8,14,16,19H,9-10H2,(H,20,21). The summed E-state index contributed by atoms with van der Waals surface area (Å²) in [5, 5.41) is 12.8. The minimum atomic E-state index is -0.822. The highest BCUT2D eigenvalue weighted by atomic mass is 35.5. The number of hydrogen-bond acceptors (Lipinski definition) is 4. The van der Waals surface area contributed by atoms with Crippen LogP contribution in [0.4, 0.5) is 0 Å². The Balaban J connectivity index is 1.72. The quantitative estimate of drug-likeness (QED) is 0.861. The van der Waals surface area contributed by atoms with Gasteiger partial charge < -0.3 is 9.84 Å². The Morgan fingerprint density at radius 3 is 2.87 bits per heavy atom. The first-order chi connectivity index (χ1) is 11.1. The van der Waals surface area contributed by atoms with Crippen LogP contribution in [-0.2, 0) is 11.4 Å². The van der Waals surface area contributed by atoms with Crippen molar-refractivity contribution in [2.24, 2.45) is 0 Å². The maximum absolute atomic E-state index is 11.1. The van der Waals surface area contributed by atoms with Crippen molar-refractivity contribution in [1.82, 2.24) is 5.32 Å². The van der Waals surface area contributed by atoms with E-state index in [1.54, 1.807) is 11.8 Å². The smallest absolute Gasteiger partial charge is 0.321 e. The van der Waals surface area contributed by atoms with Crippen molar-refractivity contribution in [3.05, 3.63) is 64.7 Å². The van der Waals surface area contributed by atoms with Crippen molar-refractivity contribution in [1.29, 1.82) is 0 Å². The molecule has 0 saturated carbocycles. The summed E-state index contributed by atoms with van der Waals surface area (Å²) in [6, 6.07) is 14.7. The molecule has 0 bridgehead atoms. The molecule has 0 radical (unpaired) electrons. The van der Waals surface area contributed by atoms with Crippen LogP contribution in [0.25, 0.3) is 0 Å². The number of para-hydroxylation sites is 1. The molecule has 0 spiro atoms. The largest absolute Gasteiger partial charge is 0.489 e. The molecular weight excluding hydrogens is 334 g/mol. The zero-order chi connectivity index (χ0) is 16.2. The monoisotopic (exact) mass is 349 g/mol. The highest BCUT2D eigenvalue weighted by Crippen LogP contribution is 2.37. The second-order valence-corrected chi connectivity index (χ2v) is 6.80. The Hall–Kier alpha value is -1.69. The van der Waals surface area contributed by atoms with Gasteiger partial charge in [0, 0.05) is 16.3 Å². The molecule has 2 unspecified atom stereocenters. The lowest BCUT2D eigenvalue weighted by atomic mass is 10.2. The molecular formula is C17H16ClNO3S. The van der Waals surface area contributed by atoms with Gasteiger partial charge in [0.25, 0.3) is 0 Å². The summed E-state index contributed by atoms with van der Waals surface area (Å²) in [4.78, 5) is 11.1. The number of carboxylic acids is 1. The number of halogens is 1. The Morgan fingerprint density at radius 1 is 1.30 bits per heavy atom. The molecule has 3 rings (SSSR count). The van der Waals surface area contributed by atoms with Crippen LogP contribution in [0.1, 0.15) is 16.5 Å². The summed E-state index contributed by atoms with van der Waals surface area (Å²) in [6.07, 6.45) is 0. The maximum atomic E-state index is 11.1. The van der Waals surface area contributed by atoms with Crippen LogP contribution in [0.3, 0.4) is 0 Å². The van der Waals surface area contributed by atoms with Crippen molar-refractivity contribution < 1.29 is 14.6 Å². The first-order valence-corrected chi connectivity index (χ1v) is 8.63. The molecule has 1 saturated heterocycles. The summed E-state index contributed by atoms with van der Waals surface area (Å²) in [7, 11) is 0. The highest BCUT2D eigenvalue weighted by Gasteiger charge is 2.31. The molecule has 2 N–H and O–H groups in total. The Bertz CT molecular complexity index is 710. The van der Waals surface area contributed by atoms with Crippen LogP contribution in [0.2, 0.25) is 5.02 Å². The number of aliphatic carboxylic acids is 1. The van der Waals surface area contributed by atoms with E-state index in [-0.39, 0.29) is 5.37 Å². The van der Waals surface area contributed by atoms with E-state index in [0.29, 0.717) is 17.4 Å². The van der Waals surface area contributed by atoms with Gasteiger partial charge in [-0.1, -0.05) is 41.9 Å². The molecule has 1 heterocycles. The molecule has 2 aromatic carbocycles. The average molecular weight is 350 g/mol. The predicted molar refractivity (Wildman–Crippen MR) is 92.0 cm³/mol. The zero-order valence-corrected chi connectivity index (χ0v) is 13.8. The third kappa shape index (κ3) is 3.99. The van der Waals surface area contributed by atoms with Crippen LogP contribution in [0.15, 0.2) is 48.5 Å². The van der Waals surface area contributed by atoms with E-state index in [0.717, 1.165) is 16.9 Å². The summed E-state index contributed by atoms with van der Waals surface area (Å²) in [5.41, 5.74) is 1.95. The number of benzene rings is 2. The van der Waals surface area contributed by atoms with Crippen LogP contribution >= 0.6 is 23.4 Å². The number of carboxylic acid groups (broad SMARTS) is 1. The van der Waals surface area contributed by atoms with E-state index in [1.165, 1.54) is 0 Å². The molecule has 1 aliphatic rings. The summed E-state index contributed by atoms with van der Waals surface area (Å²) in [6.45, 7) is 0.414. The molecule has 2 aromatic rings. The van der Waals surface area contributed by atoms with E-state index in [9.17, 15) is 4.79 Å². The zero-order valence-electron chi connectivity index (χ0n) is 12.2. The molecule has 0 amide bonds. The molecule has 120 valence electrons. The van der Waals surface area contributed by atoms with Gasteiger partial charge >= 0.3 is 5.97 Å². The molecule has 0 aliphatic carbocycles. The molecule has 4 nitrogen and oxygen atoms in total. The maximum Gasteiger partial charge on any atom is 0.321 e. The lowest BCUT2D eigenvalue weighted by Crippen LogP contribution is -2.33. The lowest BCUT2D eigenvalue weighted by Gasteiger charge is -2.16. The van der Waals surface area contributed by atoms with Crippen molar-refractivity contribution in [3.63, 3.8) is 0 Å². The van der Waals surface area contributed by atoms with E-state index in [2.05, 4.69) is 5.32 Å². The Labute approximate surface area is 143 Å². The molecule has 23 heavy (non-hydrogen) atoms. The molecule has 1 fully saturated rings. The third-order valence-corrected chi connectivity index (χ3v) is 5.05. The SMILES string of the molecule is O=C(O)C1CSC(c2ccccc2OCc2cccc(Cl)c2)N1. The van der Waals surface area contributed by atoms with Gasteiger partial charge in [-0.05, 0) is 23.8 Å². The fourth-order valence-corrected chi connectivity index (χ4v) is 3.88. The molecule has 0 aromatic heterocycles. The predicted octanol–water partition coefficient (Wildman–Crippen LogP) is 3.71. The summed E-state index contributed by atoms with van der Waals surface area (Å²) < 4.78 is 5.93. The van der Waals surface area contributed by atoms with E-state index >= 15 is 0 Å². The fraction of sp³-hybridized carbons (Fsp3) is 0.235. The van der Waals surface area contributed by atoms with Crippen molar-refractivity contribution in [2.75, 3.05) is 5.75 Å². The average Bonchev–Trinajstić information content (AvgIpc) is 3.03. The van der Waals surface area contributed by atoms with Gasteiger partial charge in [-0.2, -0.15) is 0 Å². The van der Waals surface area contributed by atoms with E-state index < -0.39 is 12.0 Å². The van der Waals surface area contributed by atoms with Gasteiger partial charge in [-0.3, -0.25) is 10.1 Å². The van der Waals surface area contributed by atoms with Crippen LogP contribution in [-0.4, -0.2) is 22.9 Å². The minimum absolute atomic E-state index is 0.0772. The number of carbonyl (C=O) groups is 1. The van der Waals surface area contributed by atoms with Crippen LogP contribution in [0, 0.1) is 0 Å². The van der Waals surface area contributed by atoms with Gasteiger partial charge in [-0.25, -0.2) is 0 Å². The fourth-order valence-electron chi connectivity index (χ4n) is 2.41. The van der Waals surface area contributed by atoms with Crippen molar-refractivity contribution in [2.45, 2.75) is 18.0 Å². The molecule has 1 aliphatic heterocycles. The van der Waals surface area contributed by atoms with Crippen molar-refractivity contribution in [3.8, 4) is 5.75 Å². The molecule has 6 heteroatoms. The topological polar surface area (TPSA) is 58.6 Å². The van der Waals surface area contributed by atoms with Crippen molar-refractivity contribution >= 4 is 29.3 Å². The number of rotatable bonds is 5. The van der Waals surface area contributed by atoms with E-state index in [4.69, 9.17) is 21.4 Å². The van der Waals surface area contributed by atoms with Gasteiger partial charge in [0.05, 0.1) is 5.37 Å². The van der Waals surface area contributed by atoms with E-state index in [1.807, 2.05) is 48.5 Å². The van der Waals surface area contributed by atoms with Crippen LogP contribution < -0.4 is 10.1 Å².